The molecule has 0 radical (unpaired) electrons. The number of pyridine rings is 1. The zero-order valence-electron chi connectivity index (χ0n) is 16.4. The Hall–Kier alpha value is -2.70. The molecule has 1 fully saturated rings. The molecule has 1 N–H and O–H groups in total. The quantitative estimate of drug-likeness (QED) is 0.609. The average Bonchev–Trinajstić information content (AvgIpc) is 3.12. The lowest BCUT2D eigenvalue weighted by Crippen LogP contribution is -2.48. The predicted molar refractivity (Wildman–Crippen MR) is 119 cm³/mol. The van der Waals surface area contributed by atoms with Crippen LogP contribution in [0.5, 0.6) is 0 Å². The van der Waals surface area contributed by atoms with E-state index in [-0.39, 0.29) is 18.1 Å². The van der Waals surface area contributed by atoms with Crippen molar-refractivity contribution in [3.63, 3.8) is 0 Å². The van der Waals surface area contributed by atoms with Crippen LogP contribution in [-0.4, -0.2) is 42.2 Å². The lowest BCUT2D eigenvalue weighted by atomic mass is 9.98. The van der Waals surface area contributed by atoms with Gasteiger partial charge >= 0.3 is 6.09 Å². The summed E-state index contributed by atoms with van der Waals surface area (Å²) < 4.78 is 6.75. The van der Waals surface area contributed by atoms with Crippen molar-refractivity contribution in [2.75, 3.05) is 26.2 Å². The molecule has 0 bridgehead atoms. The van der Waals surface area contributed by atoms with E-state index in [2.05, 4.69) is 62.6 Å². The largest absolute Gasteiger partial charge is 0.448 e. The van der Waals surface area contributed by atoms with Crippen LogP contribution < -0.4 is 5.32 Å². The Morgan fingerprint density at radius 2 is 1.77 bits per heavy atom. The molecule has 2 aliphatic rings. The molecule has 1 saturated heterocycles. The highest BCUT2D eigenvalue weighted by Gasteiger charge is 2.31. The van der Waals surface area contributed by atoms with Gasteiger partial charge in [-0.15, -0.1) is 0 Å². The van der Waals surface area contributed by atoms with Gasteiger partial charge in [0.05, 0.1) is 11.7 Å². The van der Waals surface area contributed by atoms with Gasteiger partial charge in [0.1, 0.15) is 6.61 Å². The standard InChI is InChI=1S/C24H22BrN3O2/c25-16-9-10-22(27-13-16)23-14-28(12-11-26-23)24(29)30-15-21-19-7-3-1-5-17(19)18-6-2-4-8-20(18)21/h1-10,13,21,23,26H,11-12,14-15H2. The summed E-state index contributed by atoms with van der Waals surface area (Å²) in [5, 5.41) is 3.44. The fraction of sp³-hybridized carbons (Fsp3) is 0.250. The first-order valence-corrected chi connectivity index (χ1v) is 10.9. The number of nitrogens with zero attached hydrogens (tertiary/aromatic N) is 2. The summed E-state index contributed by atoms with van der Waals surface area (Å²) >= 11 is 3.41. The smallest absolute Gasteiger partial charge is 0.409 e. The van der Waals surface area contributed by atoms with E-state index in [0.717, 1.165) is 10.2 Å². The Morgan fingerprint density at radius 1 is 1.07 bits per heavy atom. The summed E-state index contributed by atoms with van der Waals surface area (Å²) in [5.74, 6) is 0.0770. The van der Waals surface area contributed by atoms with E-state index in [4.69, 9.17) is 4.74 Å². The second kappa shape index (κ2) is 8.20. The molecule has 2 aromatic carbocycles. The molecule has 5 nitrogen and oxygen atoms in total. The van der Waals surface area contributed by atoms with Gasteiger partial charge in [-0.1, -0.05) is 48.5 Å². The molecule has 152 valence electrons. The molecule has 2 heterocycles. The lowest BCUT2D eigenvalue weighted by molar-refractivity contribution is 0.0880. The van der Waals surface area contributed by atoms with Crippen LogP contribution in [0.1, 0.15) is 28.8 Å². The second-order valence-electron chi connectivity index (χ2n) is 7.66. The van der Waals surface area contributed by atoms with Gasteiger partial charge < -0.3 is 15.0 Å². The van der Waals surface area contributed by atoms with Crippen LogP contribution in [0.15, 0.2) is 71.3 Å². The Morgan fingerprint density at radius 3 is 2.43 bits per heavy atom. The van der Waals surface area contributed by atoms with Crippen LogP contribution >= 0.6 is 15.9 Å². The number of halogens is 1. The third-order valence-electron chi connectivity index (χ3n) is 5.88. The number of benzene rings is 2. The Labute approximate surface area is 184 Å². The van der Waals surface area contributed by atoms with Crippen LogP contribution in [0.3, 0.4) is 0 Å². The summed E-state index contributed by atoms with van der Waals surface area (Å²) in [5.41, 5.74) is 5.84. The van der Waals surface area contributed by atoms with Crippen LogP contribution in [0.2, 0.25) is 0 Å². The number of aromatic nitrogens is 1. The summed E-state index contributed by atoms with van der Waals surface area (Å²) in [7, 11) is 0. The first kappa shape index (κ1) is 19.3. The van der Waals surface area contributed by atoms with Gasteiger partial charge in [-0.3, -0.25) is 4.98 Å². The van der Waals surface area contributed by atoms with Gasteiger partial charge in [-0.05, 0) is 50.3 Å². The maximum absolute atomic E-state index is 12.9. The van der Waals surface area contributed by atoms with E-state index in [1.807, 2.05) is 24.3 Å². The van der Waals surface area contributed by atoms with E-state index in [1.54, 1.807) is 11.1 Å². The van der Waals surface area contributed by atoms with E-state index in [9.17, 15) is 4.79 Å². The van der Waals surface area contributed by atoms with Crippen molar-refractivity contribution in [3.05, 3.63) is 88.2 Å². The number of amides is 1. The molecule has 0 saturated carbocycles. The van der Waals surface area contributed by atoms with Crippen molar-refractivity contribution in [2.24, 2.45) is 0 Å². The van der Waals surface area contributed by atoms with Crippen molar-refractivity contribution < 1.29 is 9.53 Å². The van der Waals surface area contributed by atoms with Crippen LogP contribution in [0, 0.1) is 0 Å². The molecular weight excluding hydrogens is 442 g/mol. The SMILES string of the molecule is O=C(OCC1c2ccccc2-c2ccccc21)N1CCNC(c2ccc(Br)cn2)C1. The lowest BCUT2D eigenvalue weighted by Gasteiger charge is -2.33. The monoisotopic (exact) mass is 463 g/mol. The summed E-state index contributed by atoms with van der Waals surface area (Å²) in [4.78, 5) is 19.1. The van der Waals surface area contributed by atoms with Gasteiger partial charge in [0.25, 0.3) is 0 Å². The number of fused-ring (bicyclic) bond motifs is 3. The highest BCUT2D eigenvalue weighted by atomic mass is 79.9. The molecule has 1 atom stereocenters. The van der Waals surface area contributed by atoms with Crippen LogP contribution in [0.4, 0.5) is 4.79 Å². The topological polar surface area (TPSA) is 54.5 Å². The maximum atomic E-state index is 12.9. The number of rotatable bonds is 3. The number of ether oxygens (including phenoxy) is 1. The van der Waals surface area contributed by atoms with E-state index in [1.165, 1.54) is 22.3 Å². The van der Waals surface area contributed by atoms with Gasteiger partial charge in [-0.2, -0.15) is 0 Å². The number of carbonyl (C=O) groups excluding carboxylic acids is 1. The van der Waals surface area contributed by atoms with E-state index in [0.29, 0.717) is 26.2 Å². The Kier molecular flexibility index (Phi) is 5.27. The van der Waals surface area contributed by atoms with Crippen molar-refractivity contribution in [1.82, 2.24) is 15.2 Å². The van der Waals surface area contributed by atoms with Crippen molar-refractivity contribution in [2.45, 2.75) is 12.0 Å². The minimum Gasteiger partial charge on any atom is -0.448 e. The zero-order chi connectivity index (χ0) is 20.5. The van der Waals surface area contributed by atoms with Crippen LogP contribution in [0.25, 0.3) is 11.1 Å². The third kappa shape index (κ3) is 3.61. The summed E-state index contributed by atoms with van der Waals surface area (Å²) in [6.07, 6.45) is 1.52. The summed E-state index contributed by atoms with van der Waals surface area (Å²) in [6.45, 7) is 2.24. The molecule has 3 aromatic rings. The first-order chi connectivity index (χ1) is 14.7. The number of carbonyl (C=O) groups is 1. The third-order valence-corrected chi connectivity index (χ3v) is 6.35. The number of hydrogen-bond donors (Lipinski definition) is 1. The second-order valence-corrected chi connectivity index (χ2v) is 8.57. The van der Waals surface area contributed by atoms with E-state index >= 15 is 0 Å². The molecule has 1 unspecified atom stereocenters. The van der Waals surface area contributed by atoms with Gasteiger partial charge in [0.2, 0.25) is 0 Å². The van der Waals surface area contributed by atoms with Crippen LogP contribution in [-0.2, 0) is 4.74 Å². The van der Waals surface area contributed by atoms with Gasteiger partial charge in [0.15, 0.2) is 0 Å². The minimum absolute atomic E-state index is 0.00679. The van der Waals surface area contributed by atoms with Crippen molar-refractivity contribution in [1.29, 1.82) is 0 Å². The highest BCUT2D eigenvalue weighted by molar-refractivity contribution is 9.10. The van der Waals surface area contributed by atoms with Crippen molar-refractivity contribution in [3.8, 4) is 11.1 Å². The normalized spacial score (nSPS) is 18.0. The molecule has 1 aliphatic heterocycles. The number of nitrogens with one attached hydrogen (secondary N) is 1. The van der Waals surface area contributed by atoms with Gasteiger partial charge in [-0.25, -0.2) is 4.79 Å². The minimum atomic E-state index is -0.263. The highest BCUT2D eigenvalue weighted by Crippen LogP contribution is 2.44. The molecule has 1 aromatic heterocycles. The maximum Gasteiger partial charge on any atom is 0.409 e. The molecule has 0 spiro atoms. The summed E-state index contributed by atoms with van der Waals surface area (Å²) in [6, 6.07) is 20.7. The Bertz CT molecular complexity index is 1020. The van der Waals surface area contributed by atoms with Gasteiger partial charge in [0, 0.05) is 36.2 Å². The molecule has 1 amide bonds. The molecule has 30 heavy (non-hydrogen) atoms. The average molecular weight is 464 g/mol. The van der Waals surface area contributed by atoms with E-state index < -0.39 is 0 Å². The fourth-order valence-electron chi connectivity index (χ4n) is 4.39. The predicted octanol–water partition coefficient (Wildman–Crippen LogP) is 4.74. The fourth-order valence-corrected chi connectivity index (χ4v) is 4.63. The molecule has 5 rings (SSSR count). The molecule has 6 heteroatoms. The Balaban J connectivity index is 1.28. The molecule has 1 aliphatic carbocycles. The number of hydrogen-bond acceptors (Lipinski definition) is 4. The molecular formula is C24H22BrN3O2. The zero-order valence-corrected chi connectivity index (χ0v) is 18.0. The van der Waals surface area contributed by atoms with Crippen molar-refractivity contribution >= 4 is 22.0 Å². The first-order valence-electron chi connectivity index (χ1n) is 10.2. The number of piperazine rings is 1.